The van der Waals surface area contributed by atoms with E-state index in [1.807, 2.05) is 0 Å². The topological polar surface area (TPSA) is 0 Å². The molecule has 0 bridgehead atoms. The van der Waals surface area contributed by atoms with Gasteiger partial charge in [0.05, 0.1) is 0 Å². The molecule has 0 fully saturated rings. The number of fused-ring (bicyclic) bond motifs is 1. The van der Waals surface area contributed by atoms with Gasteiger partial charge in [-0.2, -0.15) is 0 Å². The molecular formula is C10H13P. The van der Waals surface area contributed by atoms with Gasteiger partial charge in [-0.3, -0.25) is 0 Å². The molecule has 0 nitrogen and oxygen atoms in total. The van der Waals surface area contributed by atoms with Crippen LogP contribution in [0.2, 0.25) is 0 Å². The minimum absolute atomic E-state index is 1.29. The van der Waals surface area contributed by atoms with Crippen LogP contribution >= 0.6 is 9.24 Å². The standard InChI is InChI=1S/C10H13P/c1-7-5-6-10(11)9-4-2-3-8(7)9/h5-6H,2-4,11H2,1H3. The van der Waals surface area contributed by atoms with Gasteiger partial charge in [0.1, 0.15) is 0 Å². The van der Waals surface area contributed by atoms with E-state index in [1.54, 1.807) is 11.1 Å². The Kier molecular flexibility index (Phi) is 1.73. The van der Waals surface area contributed by atoms with E-state index in [2.05, 4.69) is 28.3 Å². The summed E-state index contributed by atoms with van der Waals surface area (Å²) in [6.45, 7) is 2.22. The summed E-state index contributed by atoms with van der Waals surface area (Å²) in [5.74, 6) is 0. The fourth-order valence-electron chi connectivity index (χ4n) is 1.91. The van der Waals surface area contributed by atoms with Gasteiger partial charge < -0.3 is 0 Å². The predicted molar refractivity (Wildman–Crippen MR) is 52.5 cm³/mol. The highest BCUT2D eigenvalue weighted by Crippen LogP contribution is 2.24. The second kappa shape index (κ2) is 2.60. The van der Waals surface area contributed by atoms with Gasteiger partial charge >= 0.3 is 0 Å². The SMILES string of the molecule is Cc1ccc(P)c2c1CCC2. The fraction of sp³-hybridized carbons (Fsp3) is 0.400. The maximum atomic E-state index is 2.83. The molecule has 0 saturated heterocycles. The molecule has 0 aliphatic heterocycles. The summed E-state index contributed by atoms with van der Waals surface area (Å²) in [6, 6.07) is 4.44. The summed E-state index contributed by atoms with van der Waals surface area (Å²) in [4.78, 5) is 0. The maximum Gasteiger partial charge on any atom is -0.0267 e. The van der Waals surface area contributed by atoms with Gasteiger partial charge in [-0.1, -0.05) is 12.1 Å². The van der Waals surface area contributed by atoms with Crippen molar-refractivity contribution in [2.45, 2.75) is 26.2 Å². The number of hydrogen-bond donors (Lipinski definition) is 0. The number of benzene rings is 1. The third-order valence-corrected chi connectivity index (χ3v) is 3.10. The van der Waals surface area contributed by atoms with Gasteiger partial charge in [0.2, 0.25) is 0 Å². The van der Waals surface area contributed by atoms with Crippen molar-refractivity contribution in [1.29, 1.82) is 0 Å². The normalized spacial score (nSPS) is 15.1. The summed E-state index contributed by atoms with van der Waals surface area (Å²) in [5.41, 5.74) is 4.68. The van der Waals surface area contributed by atoms with Gasteiger partial charge in [0.25, 0.3) is 0 Å². The van der Waals surface area contributed by atoms with Crippen molar-refractivity contribution >= 4 is 14.5 Å². The molecule has 2 rings (SSSR count). The quantitative estimate of drug-likeness (QED) is 0.514. The lowest BCUT2D eigenvalue weighted by atomic mass is 10.1. The zero-order valence-electron chi connectivity index (χ0n) is 6.85. The van der Waals surface area contributed by atoms with Crippen LogP contribution < -0.4 is 5.30 Å². The molecule has 1 heteroatoms. The lowest BCUT2D eigenvalue weighted by molar-refractivity contribution is 0.910. The molecule has 0 saturated carbocycles. The number of hydrogen-bond acceptors (Lipinski definition) is 0. The van der Waals surface area contributed by atoms with Crippen LogP contribution in [0.25, 0.3) is 0 Å². The Morgan fingerprint density at radius 2 is 1.91 bits per heavy atom. The van der Waals surface area contributed by atoms with Crippen LogP contribution in [0.3, 0.4) is 0 Å². The molecule has 0 heterocycles. The first kappa shape index (κ1) is 7.31. The molecule has 1 aromatic carbocycles. The van der Waals surface area contributed by atoms with Crippen molar-refractivity contribution < 1.29 is 0 Å². The Morgan fingerprint density at radius 3 is 2.64 bits per heavy atom. The Balaban J connectivity index is 2.64. The van der Waals surface area contributed by atoms with Crippen LogP contribution in [0.15, 0.2) is 12.1 Å². The molecule has 11 heavy (non-hydrogen) atoms. The van der Waals surface area contributed by atoms with Gasteiger partial charge in [-0.25, -0.2) is 0 Å². The highest BCUT2D eigenvalue weighted by atomic mass is 31.0. The second-order valence-corrected chi connectivity index (χ2v) is 3.90. The first-order chi connectivity index (χ1) is 5.29. The lowest BCUT2D eigenvalue weighted by Gasteiger charge is -2.05. The average Bonchev–Trinajstić information content (AvgIpc) is 2.45. The summed E-state index contributed by atoms with van der Waals surface area (Å²) in [5, 5.41) is 1.41. The van der Waals surface area contributed by atoms with Crippen LogP contribution in [-0.2, 0) is 12.8 Å². The lowest BCUT2D eigenvalue weighted by Crippen LogP contribution is -2.01. The first-order valence-corrected chi connectivity index (χ1v) is 4.73. The molecule has 0 radical (unpaired) electrons. The maximum absolute atomic E-state index is 2.83. The minimum Gasteiger partial charge on any atom is -0.105 e. The molecule has 58 valence electrons. The van der Waals surface area contributed by atoms with Crippen LogP contribution in [0.5, 0.6) is 0 Å². The summed E-state index contributed by atoms with van der Waals surface area (Å²) in [7, 11) is 2.83. The smallest absolute Gasteiger partial charge is 0.0267 e. The zero-order valence-corrected chi connectivity index (χ0v) is 8.01. The van der Waals surface area contributed by atoms with Crippen LogP contribution in [0, 0.1) is 6.92 Å². The summed E-state index contributed by atoms with van der Waals surface area (Å²) >= 11 is 0. The predicted octanol–water partition coefficient (Wildman–Crippen LogP) is 1.98. The summed E-state index contributed by atoms with van der Waals surface area (Å²) in [6.07, 6.45) is 3.93. The largest absolute Gasteiger partial charge is 0.105 e. The molecule has 1 aromatic rings. The van der Waals surface area contributed by atoms with Gasteiger partial charge in [0, 0.05) is 0 Å². The highest BCUT2D eigenvalue weighted by molar-refractivity contribution is 7.27. The van der Waals surface area contributed by atoms with Crippen molar-refractivity contribution in [1.82, 2.24) is 0 Å². The van der Waals surface area contributed by atoms with Crippen LogP contribution in [0.1, 0.15) is 23.1 Å². The highest BCUT2D eigenvalue weighted by Gasteiger charge is 2.14. The van der Waals surface area contributed by atoms with E-state index in [4.69, 9.17) is 0 Å². The molecule has 1 aliphatic carbocycles. The third kappa shape index (κ3) is 1.10. The van der Waals surface area contributed by atoms with E-state index in [-0.39, 0.29) is 0 Å². The molecule has 1 unspecified atom stereocenters. The van der Waals surface area contributed by atoms with E-state index >= 15 is 0 Å². The Morgan fingerprint density at radius 1 is 1.18 bits per heavy atom. The van der Waals surface area contributed by atoms with Crippen molar-refractivity contribution in [3.8, 4) is 0 Å². The van der Waals surface area contributed by atoms with E-state index in [0.29, 0.717) is 0 Å². The molecule has 0 N–H and O–H groups in total. The van der Waals surface area contributed by atoms with Crippen molar-refractivity contribution in [2.75, 3.05) is 0 Å². The Labute approximate surface area is 70.2 Å². The molecular weight excluding hydrogens is 151 g/mol. The van der Waals surface area contributed by atoms with E-state index in [9.17, 15) is 0 Å². The van der Waals surface area contributed by atoms with E-state index in [1.165, 1.54) is 30.1 Å². The molecule has 1 atom stereocenters. The van der Waals surface area contributed by atoms with E-state index in [0.717, 1.165) is 0 Å². The third-order valence-electron chi connectivity index (χ3n) is 2.56. The monoisotopic (exact) mass is 164 g/mol. The van der Waals surface area contributed by atoms with Crippen LogP contribution in [-0.4, -0.2) is 0 Å². The zero-order chi connectivity index (χ0) is 7.84. The number of rotatable bonds is 0. The molecule has 1 aliphatic rings. The second-order valence-electron chi connectivity index (χ2n) is 3.28. The van der Waals surface area contributed by atoms with Gasteiger partial charge in [0.15, 0.2) is 0 Å². The average molecular weight is 164 g/mol. The first-order valence-electron chi connectivity index (χ1n) is 4.16. The Bertz CT molecular complexity index is 260. The minimum atomic E-state index is 1.29. The van der Waals surface area contributed by atoms with Gasteiger partial charge in [-0.15, -0.1) is 9.24 Å². The summed E-state index contributed by atoms with van der Waals surface area (Å²) < 4.78 is 0. The van der Waals surface area contributed by atoms with Gasteiger partial charge in [-0.05, 0) is 48.2 Å². The Hall–Kier alpha value is -0.350. The number of aryl methyl sites for hydroxylation is 1. The molecule has 0 spiro atoms. The van der Waals surface area contributed by atoms with Crippen LogP contribution in [0.4, 0.5) is 0 Å². The molecule has 0 amide bonds. The fourth-order valence-corrected chi connectivity index (χ4v) is 2.33. The van der Waals surface area contributed by atoms with Crippen molar-refractivity contribution in [2.24, 2.45) is 0 Å². The van der Waals surface area contributed by atoms with Crippen molar-refractivity contribution in [3.63, 3.8) is 0 Å². The molecule has 0 aromatic heterocycles. The van der Waals surface area contributed by atoms with Crippen molar-refractivity contribution in [3.05, 3.63) is 28.8 Å². The van der Waals surface area contributed by atoms with E-state index < -0.39 is 0 Å².